The number of halogens is 1. The van der Waals surface area contributed by atoms with Crippen molar-refractivity contribution in [1.29, 1.82) is 0 Å². The number of hydrogen-bond acceptors (Lipinski definition) is 7. The number of benzene rings is 1. The average Bonchev–Trinajstić information content (AvgIpc) is 3.11. The predicted molar refractivity (Wildman–Crippen MR) is 102 cm³/mol. The van der Waals surface area contributed by atoms with E-state index in [9.17, 15) is 9.18 Å². The maximum absolute atomic E-state index is 13.4. The van der Waals surface area contributed by atoms with E-state index in [-0.39, 0.29) is 29.8 Å². The average molecular weight is 404 g/mol. The van der Waals surface area contributed by atoms with E-state index in [2.05, 4.69) is 25.7 Å². The Balaban J connectivity index is 1.22. The topological polar surface area (TPSA) is 94.4 Å². The van der Waals surface area contributed by atoms with Crippen molar-refractivity contribution in [3.05, 3.63) is 24.0 Å². The summed E-state index contributed by atoms with van der Waals surface area (Å²) in [6.45, 7) is 1.60. The van der Waals surface area contributed by atoms with Crippen LogP contribution in [0.3, 0.4) is 0 Å². The number of methoxy groups -OCH3 is 1. The molecule has 1 saturated heterocycles. The highest BCUT2D eigenvalue weighted by Gasteiger charge is 2.37. The molecule has 1 aromatic carbocycles. The van der Waals surface area contributed by atoms with Crippen LogP contribution in [0.2, 0.25) is 0 Å². The Labute approximate surface area is 168 Å². The lowest BCUT2D eigenvalue weighted by atomic mass is 9.81. The SMILES string of the molecule is COc1ccc(F)cc1OC1CC(C(=O)NC2CCN(c3nnnn3C)CC2)C1. The molecule has 9 nitrogen and oxygen atoms in total. The van der Waals surface area contributed by atoms with E-state index >= 15 is 0 Å². The summed E-state index contributed by atoms with van der Waals surface area (Å²) in [5.74, 6) is 1.24. The van der Waals surface area contributed by atoms with Gasteiger partial charge in [-0.2, -0.15) is 0 Å². The van der Waals surface area contributed by atoms with Gasteiger partial charge in [-0.05, 0) is 48.2 Å². The first-order valence-electron chi connectivity index (χ1n) is 9.81. The van der Waals surface area contributed by atoms with Crippen molar-refractivity contribution < 1.29 is 18.7 Å². The third-order valence-corrected chi connectivity index (χ3v) is 5.61. The van der Waals surface area contributed by atoms with E-state index in [0.29, 0.717) is 24.3 Å². The summed E-state index contributed by atoms with van der Waals surface area (Å²) in [4.78, 5) is 14.7. The summed E-state index contributed by atoms with van der Waals surface area (Å²) in [5.41, 5.74) is 0. The molecule has 2 aromatic rings. The van der Waals surface area contributed by atoms with Crippen LogP contribution < -0.4 is 19.7 Å². The molecule has 2 aliphatic rings. The number of rotatable bonds is 6. The number of piperidine rings is 1. The number of carbonyl (C=O) groups excluding carboxylic acids is 1. The molecular weight excluding hydrogens is 379 g/mol. The number of carbonyl (C=O) groups is 1. The zero-order valence-electron chi connectivity index (χ0n) is 16.5. The van der Waals surface area contributed by atoms with Crippen LogP contribution in [0, 0.1) is 11.7 Å². The number of anilines is 1. The number of aromatic nitrogens is 4. The largest absolute Gasteiger partial charge is 0.493 e. The highest BCUT2D eigenvalue weighted by molar-refractivity contribution is 5.80. The number of nitrogens with zero attached hydrogens (tertiary/aromatic N) is 5. The lowest BCUT2D eigenvalue weighted by Gasteiger charge is -2.37. The van der Waals surface area contributed by atoms with E-state index in [4.69, 9.17) is 9.47 Å². The number of ether oxygens (including phenoxy) is 2. The van der Waals surface area contributed by atoms with Gasteiger partial charge >= 0.3 is 0 Å². The van der Waals surface area contributed by atoms with Gasteiger partial charge in [-0.15, -0.1) is 0 Å². The van der Waals surface area contributed by atoms with Gasteiger partial charge in [0.25, 0.3) is 0 Å². The summed E-state index contributed by atoms with van der Waals surface area (Å²) >= 11 is 0. The fourth-order valence-electron chi connectivity index (χ4n) is 3.83. The van der Waals surface area contributed by atoms with Crippen LogP contribution in [0.25, 0.3) is 0 Å². The number of aryl methyl sites for hydroxylation is 1. The molecular formula is C19H25FN6O3. The molecule has 1 aromatic heterocycles. The Kier molecular flexibility index (Phi) is 5.50. The first-order valence-corrected chi connectivity index (χ1v) is 9.81. The Bertz CT molecular complexity index is 861. The summed E-state index contributed by atoms with van der Waals surface area (Å²) in [7, 11) is 3.33. The number of nitrogens with one attached hydrogen (secondary N) is 1. The Morgan fingerprint density at radius 3 is 2.66 bits per heavy atom. The summed E-state index contributed by atoms with van der Waals surface area (Å²) in [5, 5.41) is 14.7. The summed E-state index contributed by atoms with van der Waals surface area (Å²) in [6, 6.07) is 4.33. The second-order valence-corrected chi connectivity index (χ2v) is 7.58. The fourth-order valence-corrected chi connectivity index (χ4v) is 3.83. The molecule has 0 spiro atoms. The number of amides is 1. The molecule has 1 aliphatic heterocycles. The molecule has 2 fully saturated rings. The Morgan fingerprint density at radius 2 is 2.00 bits per heavy atom. The minimum atomic E-state index is -0.377. The molecule has 10 heteroatoms. The van der Waals surface area contributed by atoms with Crippen molar-refractivity contribution in [3.63, 3.8) is 0 Å². The first kappa shape index (κ1) is 19.4. The van der Waals surface area contributed by atoms with Gasteiger partial charge in [0.1, 0.15) is 11.9 Å². The van der Waals surface area contributed by atoms with E-state index in [1.54, 1.807) is 4.68 Å². The van der Waals surface area contributed by atoms with Crippen LogP contribution in [-0.4, -0.2) is 58.5 Å². The highest BCUT2D eigenvalue weighted by atomic mass is 19.1. The predicted octanol–water partition coefficient (Wildman–Crippen LogP) is 1.30. The van der Waals surface area contributed by atoms with Crippen LogP contribution >= 0.6 is 0 Å². The van der Waals surface area contributed by atoms with Crippen LogP contribution in [-0.2, 0) is 11.8 Å². The third kappa shape index (κ3) is 4.25. The molecule has 0 radical (unpaired) electrons. The quantitative estimate of drug-likeness (QED) is 0.775. The summed E-state index contributed by atoms with van der Waals surface area (Å²) in [6.07, 6.45) is 2.84. The lowest BCUT2D eigenvalue weighted by molar-refractivity contribution is -0.131. The molecule has 156 valence electrons. The standard InChI is InChI=1S/C19H25FN6O3/c1-25-19(22-23-24-25)26-7-5-14(6-8-26)21-18(27)12-9-15(10-12)29-17-11-13(20)3-4-16(17)28-2/h3-4,11-12,14-15H,5-10H2,1-2H3,(H,21,27). The van der Waals surface area contributed by atoms with Crippen molar-refractivity contribution in [2.45, 2.75) is 37.8 Å². The molecule has 4 rings (SSSR count). The number of hydrogen-bond donors (Lipinski definition) is 1. The van der Waals surface area contributed by atoms with Crippen LogP contribution in [0.1, 0.15) is 25.7 Å². The lowest BCUT2D eigenvalue weighted by Crippen LogP contribution is -2.50. The van der Waals surface area contributed by atoms with Crippen molar-refractivity contribution >= 4 is 11.9 Å². The van der Waals surface area contributed by atoms with Gasteiger partial charge in [-0.25, -0.2) is 9.07 Å². The van der Waals surface area contributed by atoms with Gasteiger partial charge in [-0.1, -0.05) is 5.10 Å². The Morgan fingerprint density at radius 1 is 1.24 bits per heavy atom. The molecule has 1 N–H and O–H groups in total. The van der Waals surface area contributed by atoms with Gasteiger partial charge in [-0.3, -0.25) is 4.79 Å². The van der Waals surface area contributed by atoms with Gasteiger partial charge in [0.05, 0.1) is 7.11 Å². The monoisotopic (exact) mass is 404 g/mol. The molecule has 1 amide bonds. The molecule has 0 unspecified atom stereocenters. The molecule has 0 atom stereocenters. The minimum absolute atomic E-state index is 0.0647. The van der Waals surface area contributed by atoms with E-state index in [0.717, 1.165) is 31.9 Å². The molecule has 1 saturated carbocycles. The zero-order chi connectivity index (χ0) is 20.4. The third-order valence-electron chi connectivity index (χ3n) is 5.61. The van der Waals surface area contributed by atoms with Gasteiger partial charge in [0, 0.05) is 38.2 Å². The molecule has 2 heterocycles. The highest BCUT2D eigenvalue weighted by Crippen LogP contribution is 2.36. The van der Waals surface area contributed by atoms with Gasteiger partial charge < -0.3 is 19.7 Å². The van der Waals surface area contributed by atoms with Crippen LogP contribution in [0.15, 0.2) is 18.2 Å². The Hall–Kier alpha value is -2.91. The van der Waals surface area contributed by atoms with E-state index < -0.39 is 0 Å². The minimum Gasteiger partial charge on any atom is -0.493 e. The second kappa shape index (κ2) is 8.22. The van der Waals surface area contributed by atoms with Crippen molar-refractivity contribution in [2.75, 3.05) is 25.1 Å². The zero-order valence-corrected chi connectivity index (χ0v) is 16.5. The first-order chi connectivity index (χ1) is 14.0. The number of tetrazole rings is 1. The van der Waals surface area contributed by atoms with Crippen molar-refractivity contribution in [2.24, 2.45) is 13.0 Å². The smallest absolute Gasteiger partial charge is 0.245 e. The van der Waals surface area contributed by atoms with E-state index in [1.165, 1.54) is 25.3 Å². The summed E-state index contributed by atoms with van der Waals surface area (Å²) < 4.78 is 26.1. The van der Waals surface area contributed by atoms with Crippen LogP contribution in [0.4, 0.5) is 10.3 Å². The van der Waals surface area contributed by atoms with Gasteiger partial charge in [0.2, 0.25) is 11.9 Å². The molecule has 1 aliphatic carbocycles. The molecule has 29 heavy (non-hydrogen) atoms. The van der Waals surface area contributed by atoms with Gasteiger partial charge in [0.15, 0.2) is 11.5 Å². The van der Waals surface area contributed by atoms with Crippen LogP contribution in [0.5, 0.6) is 11.5 Å². The molecule has 0 bridgehead atoms. The normalized spacial score (nSPS) is 22.1. The fraction of sp³-hybridized carbons (Fsp3) is 0.579. The maximum atomic E-state index is 13.4. The maximum Gasteiger partial charge on any atom is 0.245 e. The van der Waals surface area contributed by atoms with Crippen molar-refractivity contribution in [1.82, 2.24) is 25.5 Å². The van der Waals surface area contributed by atoms with Crippen molar-refractivity contribution in [3.8, 4) is 11.5 Å². The second-order valence-electron chi connectivity index (χ2n) is 7.58. The van der Waals surface area contributed by atoms with E-state index in [1.807, 2.05) is 7.05 Å².